The minimum Gasteiger partial charge on any atom is -0.361 e. The van der Waals surface area contributed by atoms with Gasteiger partial charge in [0.2, 0.25) is 10.0 Å². The lowest BCUT2D eigenvalue weighted by Gasteiger charge is -2.32. The number of hydrogen-bond donors (Lipinski definition) is 2. The summed E-state index contributed by atoms with van der Waals surface area (Å²) in [5.74, 6) is 0. The zero-order chi connectivity index (χ0) is 17.2. The van der Waals surface area contributed by atoms with E-state index in [0.717, 1.165) is 25.7 Å². The molecule has 2 heterocycles. The maximum absolute atomic E-state index is 11.6. The molecule has 1 saturated heterocycles. The molecule has 0 amide bonds. The highest BCUT2D eigenvalue weighted by Crippen LogP contribution is 2.20. The van der Waals surface area contributed by atoms with Gasteiger partial charge in [0.25, 0.3) is 0 Å². The molecule has 1 aromatic heterocycles. The van der Waals surface area contributed by atoms with Crippen LogP contribution in [0.25, 0.3) is 10.9 Å². The van der Waals surface area contributed by atoms with E-state index in [0.29, 0.717) is 25.2 Å². The van der Waals surface area contributed by atoms with Gasteiger partial charge < -0.3 is 10.3 Å². The van der Waals surface area contributed by atoms with Crippen LogP contribution in [-0.4, -0.2) is 49.1 Å². The Hall–Kier alpha value is -1.37. The predicted molar refractivity (Wildman–Crippen MR) is 98.7 cm³/mol. The predicted octanol–water partition coefficient (Wildman–Crippen LogP) is 2.50. The number of aromatic nitrogens is 1. The van der Waals surface area contributed by atoms with E-state index in [2.05, 4.69) is 47.7 Å². The van der Waals surface area contributed by atoms with Crippen molar-refractivity contribution in [3.05, 3.63) is 36.0 Å². The highest BCUT2D eigenvalue weighted by molar-refractivity contribution is 7.88. The topological polar surface area (TPSA) is 65.2 Å². The number of nitrogens with zero attached hydrogens (tertiary/aromatic N) is 1. The summed E-state index contributed by atoms with van der Waals surface area (Å²) in [6.07, 6.45) is 7.32. The maximum atomic E-state index is 11.6. The van der Waals surface area contributed by atoms with E-state index in [-0.39, 0.29) is 0 Å². The zero-order valence-corrected chi connectivity index (χ0v) is 15.3. The molecule has 132 valence electrons. The van der Waals surface area contributed by atoms with E-state index < -0.39 is 10.0 Å². The van der Waals surface area contributed by atoms with Crippen LogP contribution in [0.1, 0.15) is 31.7 Å². The molecule has 0 radical (unpaired) electrons. The number of nitrogens with one attached hydrogen (secondary N) is 2. The van der Waals surface area contributed by atoms with E-state index >= 15 is 0 Å². The van der Waals surface area contributed by atoms with E-state index in [1.165, 1.54) is 22.7 Å². The molecule has 0 aliphatic carbocycles. The number of rotatable bonds is 6. The molecule has 2 N–H and O–H groups in total. The third kappa shape index (κ3) is 4.18. The van der Waals surface area contributed by atoms with Crippen LogP contribution >= 0.6 is 0 Å². The molecule has 24 heavy (non-hydrogen) atoms. The summed E-state index contributed by atoms with van der Waals surface area (Å²) < 4.78 is 24.7. The van der Waals surface area contributed by atoms with Gasteiger partial charge in [0, 0.05) is 42.3 Å². The lowest BCUT2D eigenvalue weighted by molar-refractivity contribution is 0.274. The molecule has 3 rings (SSSR count). The van der Waals surface area contributed by atoms with Gasteiger partial charge in [-0.3, -0.25) is 0 Å². The summed E-state index contributed by atoms with van der Waals surface area (Å²) in [5.41, 5.74) is 2.56. The first-order valence-corrected chi connectivity index (χ1v) is 10.5. The fourth-order valence-electron chi connectivity index (χ4n) is 3.55. The van der Waals surface area contributed by atoms with Crippen molar-refractivity contribution >= 4 is 20.9 Å². The van der Waals surface area contributed by atoms with Crippen molar-refractivity contribution in [2.45, 2.75) is 44.7 Å². The van der Waals surface area contributed by atoms with Crippen LogP contribution in [0.5, 0.6) is 0 Å². The summed E-state index contributed by atoms with van der Waals surface area (Å²) in [6.45, 7) is 3.48. The number of sulfonamides is 1. The van der Waals surface area contributed by atoms with Crippen LogP contribution in [0, 0.1) is 0 Å². The molecule has 1 aromatic carbocycles. The minimum atomic E-state index is -3.04. The highest BCUT2D eigenvalue weighted by Gasteiger charge is 2.25. The zero-order valence-electron chi connectivity index (χ0n) is 14.5. The Kier molecular flexibility index (Phi) is 5.27. The third-order valence-electron chi connectivity index (χ3n) is 4.96. The first kappa shape index (κ1) is 17.5. The molecule has 0 bridgehead atoms. The van der Waals surface area contributed by atoms with Gasteiger partial charge in [-0.25, -0.2) is 12.7 Å². The van der Waals surface area contributed by atoms with Crippen molar-refractivity contribution in [3.8, 4) is 0 Å². The quantitative estimate of drug-likeness (QED) is 0.842. The summed E-state index contributed by atoms with van der Waals surface area (Å²) in [6, 6.07) is 9.25. The molecule has 0 saturated carbocycles. The number of hydrogen-bond acceptors (Lipinski definition) is 3. The van der Waals surface area contributed by atoms with Gasteiger partial charge in [-0.05, 0) is 44.2 Å². The molecule has 0 unspecified atom stereocenters. The molecule has 1 aliphatic heterocycles. The summed E-state index contributed by atoms with van der Waals surface area (Å²) in [7, 11) is -3.04. The number of benzene rings is 1. The standard InChI is InChI=1S/C18H27N3O2S/c1-14(20-16-9-11-21(12-10-16)24(2,22)23)7-8-15-13-19-18-6-4-3-5-17(15)18/h3-6,13-14,16,19-20H,7-12H2,1-2H3/t14-/m1/s1. The molecular weight excluding hydrogens is 322 g/mol. The Labute approximate surface area is 144 Å². The number of para-hydroxylation sites is 1. The summed E-state index contributed by atoms with van der Waals surface area (Å²) in [4.78, 5) is 3.33. The molecule has 0 spiro atoms. The van der Waals surface area contributed by atoms with Gasteiger partial charge in [-0.15, -0.1) is 0 Å². The third-order valence-corrected chi connectivity index (χ3v) is 6.27. The van der Waals surface area contributed by atoms with E-state index in [4.69, 9.17) is 0 Å². The van der Waals surface area contributed by atoms with Crippen LogP contribution in [0.3, 0.4) is 0 Å². The second-order valence-electron chi connectivity index (χ2n) is 6.90. The molecule has 5 nitrogen and oxygen atoms in total. The van der Waals surface area contributed by atoms with Gasteiger partial charge in [0.1, 0.15) is 0 Å². The first-order valence-electron chi connectivity index (χ1n) is 8.69. The Bertz CT molecular complexity index is 776. The average Bonchev–Trinajstić information content (AvgIpc) is 2.96. The Morgan fingerprint density at radius 2 is 2.00 bits per heavy atom. The average molecular weight is 350 g/mol. The smallest absolute Gasteiger partial charge is 0.211 e. The fourth-order valence-corrected chi connectivity index (χ4v) is 4.42. The summed E-state index contributed by atoms with van der Waals surface area (Å²) >= 11 is 0. The first-order chi connectivity index (χ1) is 11.4. The van der Waals surface area contributed by atoms with Crippen molar-refractivity contribution in [1.82, 2.24) is 14.6 Å². The molecule has 6 heteroatoms. The SMILES string of the molecule is C[C@H](CCc1c[nH]c2ccccc12)NC1CCN(S(C)(=O)=O)CC1. The lowest BCUT2D eigenvalue weighted by atomic mass is 10.0. The van der Waals surface area contributed by atoms with E-state index in [9.17, 15) is 8.42 Å². The fraction of sp³-hybridized carbons (Fsp3) is 0.556. The minimum absolute atomic E-state index is 0.418. The monoisotopic (exact) mass is 349 g/mol. The van der Waals surface area contributed by atoms with Crippen molar-refractivity contribution in [3.63, 3.8) is 0 Å². The Morgan fingerprint density at radius 1 is 1.29 bits per heavy atom. The molecule has 2 aromatic rings. The molecular formula is C18H27N3O2S. The number of aromatic amines is 1. The number of piperidine rings is 1. The second-order valence-corrected chi connectivity index (χ2v) is 8.88. The Morgan fingerprint density at radius 3 is 2.71 bits per heavy atom. The normalized spacial score (nSPS) is 18.9. The van der Waals surface area contributed by atoms with Crippen molar-refractivity contribution in [1.29, 1.82) is 0 Å². The highest BCUT2D eigenvalue weighted by atomic mass is 32.2. The molecule has 1 fully saturated rings. The van der Waals surface area contributed by atoms with Crippen LogP contribution in [0.2, 0.25) is 0 Å². The van der Waals surface area contributed by atoms with Crippen molar-refractivity contribution in [2.24, 2.45) is 0 Å². The Balaban J connectivity index is 1.47. The van der Waals surface area contributed by atoms with Crippen LogP contribution in [0.4, 0.5) is 0 Å². The van der Waals surface area contributed by atoms with Gasteiger partial charge in [0.05, 0.1) is 6.26 Å². The largest absolute Gasteiger partial charge is 0.361 e. The van der Waals surface area contributed by atoms with Crippen molar-refractivity contribution < 1.29 is 8.42 Å². The summed E-state index contributed by atoms with van der Waals surface area (Å²) in [5, 5.41) is 4.98. The van der Waals surface area contributed by atoms with Gasteiger partial charge in [0.15, 0.2) is 0 Å². The molecule has 1 atom stereocenters. The van der Waals surface area contributed by atoms with Crippen molar-refractivity contribution in [2.75, 3.05) is 19.3 Å². The molecule has 1 aliphatic rings. The van der Waals surface area contributed by atoms with Crippen LogP contribution in [0.15, 0.2) is 30.5 Å². The van der Waals surface area contributed by atoms with E-state index in [1.807, 2.05) is 0 Å². The van der Waals surface area contributed by atoms with Gasteiger partial charge in [-0.2, -0.15) is 0 Å². The van der Waals surface area contributed by atoms with Gasteiger partial charge >= 0.3 is 0 Å². The number of H-pyrrole nitrogens is 1. The number of aryl methyl sites for hydroxylation is 1. The lowest BCUT2D eigenvalue weighted by Crippen LogP contribution is -2.46. The van der Waals surface area contributed by atoms with Gasteiger partial charge in [-0.1, -0.05) is 18.2 Å². The maximum Gasteiger partial charge on any atom is 0.211 e. The van der Waals surface area contributed by atoms with Crippen LogP contribution in [-0.2, 0) is 16.4 Å². The second kappa shape index (κ2) is 7.25. The van der Waals surface area contributed by atoms with Crippen LogP contribution < -0.4 is 5.32 Å². The number of fused-ring (bicyclic) bond motifs is 1. The van der Waals surface area contributed by atoms with E-state index in [1.54, 1.807) is 4.31 Å².